The topological polar surface area (TPSA) is 81.7 Å². The SMILES string of the molecule is CCN(C(=O)NCCCNC1CC1)C(C)CC(=O)O. The molecule has 0 bridgehead atoms. The number of nitrogens with zero attached hydrogens (tertiary/aromatic N) is 1. The molecule has 6 heteroatoms. The molecule has 0 aromatic heterocycles. The highest BCUT2D eigenvalue weighted by Gasteiger charge is 2.21. The Morgan fingerprint density at radius 3 is 2.58 bits per heavy atom. The molecule has 1 fully saturated rings. The van der Waals surface area contributed by atoms with E-state index in [1.54, 1.807) is 11.8 Å². The lowest BCUT2D eigenvalue weighted by atomic mass is 10.2. The van der Waals surface area contributed by atoms with Crippen molar-refractivity contribution in [3.63, 3.8) is 0 Å². The minimum Gasteiger partial charge on any atom is -0.481 e. The van der Waals surface area contributed by atoms with E-state index in [-0.39, 0.29) is 18.5 Å². The van der Waals surface area contributed by atoms with Gasteiger partial charge in [-0.1, -0.05) is 0 Å². The molecule has 0 aromatic rings. The van der Waals surface area contributed by atoms with Crippen molar-refractivity contribution in [2.75, 3.05) is 19.6 Å². The molecule has 6 nitrogen and oxygen atoms in total. The normalized spacial score (nSPS) is 15.9. The smallest absolute Gasteiger partial charge is 0.317 e. The molecule has 1 rings (SSSR count). The number of aliphatic carboxylic acids is 1. The van der Waals surface area contributed by atoms with Gasteiger partial charge in [0, 0.05) is 25.2 Å². The minimum absolute atomic E-state index is 0.0233. The summed E-state index contributed by atoms with van der Waals surface area (Å²) in [4.78, 5) is 24.1. The first-order valence-electron chi connectivity index (χ1n) is 7.04. The zero-order valence-corrected chi connectivity index (χ0v) is 11.8. The molecule has 1 saturated carbocycles. The van der Waals surface area contributed by atoms with Gasteiger partial charge in [0.15, 0.2) is 0 Å². The highest BCUT2D eigenvalue weighted by Crippen LogP contribution is 2.18. The molecule has 0 radical (unpaired) electrons. The Labute approximate surface area is 114 Å². The van der Waals surface area contributed by atoms with Crippen molar-refractivity contribution in [2.45, 2.75) is 51.6 Å². The fourth-order valence-corrected chi connectivity index (χ4v) is 2.00. The third-order valence-corrected chi connectivity index (χ3v) is 3.24. The zero-order chi connectivity index (χ0) is 14.3. The number of rotatable bonds is 9. The van der Waals surface area contributed by atoms with Crippen molar-refractivity contribution >= 4 is 12.0 Å². The molecule has 2 amide bonds. The Kier molecular flexibility index (Phi) is 6.62. The van der Waals surface area contributed by atoms with Gasteiger partial charge < -0.3 is 20.6 Å². The van der Waals surface area contributed by atoms with Gasteiger partial charge in [-0.2, -0.15) is 0 Å². The van der Waals surface area contributed by atoms with Crippen molar-refractivity contribution in [3.05, 3.63) is 0 Å². The summed E-state index contributed by atoms with van der Waals surface area (Å²) in [7, 11) is 0. The van der Waals surface area contributed by atoms with Gasteiger partial charge >= 0.3 is 12.0 Å². The number of hydrogen-bond donors (Lipinski definition) is 3. The van der Waals surface area contributed by atoms with E-state index in [4.69, 9.17) is 5.11 Å². The molecular formula is C13H25N3O3. The van der Waals surface area contributed by atoms with E-state index >= 15 is 0 Å². The van der Waals surface area contributed by atoms with Crippen LogP contribution in [0.25, 0.3) is 0 Å². The van der Waals surface area contributed by atoms with Crippen LogP contribution in [0, 0.1) is 0 Å². The molecule has 1 aliphatic carbocycles. The first kappa shape index (κ1) is 15.8. The maximum atomic E-state index is 11.9. The maximum absolute atomic E-state index is 11.9. The average molecular weight is 271 g/mol. The summed E-state index contributed by atoms with van der Waals surface area (Å²) in [5.74, 6) is -0.882. The number of nitrogens with one attached hydrogen (secondary N) is 2. The van der Waals surface area contributed by atoms with Crippen molar-refractivity contribution in [1.29, 1.82) is 0 Å². The van der Waals surface area contributed by atoms with E-state index in [1.165, 1.54) is 12.8 Å². The average Bonchev–Trinajstić information content (AvgIpc) is 3.12. The van der Waals surface area contributed by atoms with E-state index in [1.807, 2.05) is 6.92 Å². The molecule has 0 aliphatic heterocycles. The molecule has 110 valence electrons. The summed E-state index contributed by atoms with van der Waals surface area (Å²) in [5, 5.41) is 15.0. The van der Waals surface area contributed by atoms with Crippen LogP contribution < -0.4 is 10.6 Å². The third-order valence-electron chi connectivity index (χ3n) is 3.24. The highest BCUT2D eigenvalue weighted by molar-refractivity contribution is 5.75. The molecule has 0 saturated heterocycles. The monoisotopic (exact) mass is 271 g/mol. The number of carboxylic acid groups (broad SMARTS) is 1. The lowest BCUT2D eigenvalue weighted by Crippen LogP contribution is -2.46. The maximum Gasteiger partial charge on any atom is 0.317 e. The summed E-state index contributed by atoms with van der Waals surface area (Å²) < 4.78 is 0. The summed E-state index contributed by atoms with van der Waals surface area (Å²) in [6, 6.07) is 0.230. The van der Waals surface area contributed by atoms with Crippen LogP contribution in [0.1, 0.15) is 39.5 Å². The highest BCUT2D eigenvalue weighted by atomic mass is 16.4. The Morgan fingerprint density at radius 1 is 1.37 bits per heavy atom. The molecule has 1 atom stereocenters. The second kappa shape index (κ2) is 7.99. The van der Waals surface area contributed by atoms with Gasteiger partial charge in [-0.05, 0) is 39.7 Å². The van der Waals surface area contributed by atoms with Crippen LogP contribution in [-0.4, -0.2) is 53.7 Å². The van der Waals surface area contributed by atoms with Gasteiger partial charge in [-0.25, -0.2) is 4.79 Å². The molecule has 1 aliphatic rings. The summed E-state index contributed by atoms with van der Waals surface area (Å²) in [6.07, 6.45) is 3.41. The van der Waals surface area contributed by atoms with Gasteiger partial charge in [0.2, 0.25) is 0 Å². The number of carboxylic acids is 1. The predicted octanol–water partition coefficient (Wildman–Crippen LogP) is 1.02. The fraction of sp³-hybridized carbons (Fsp3) is 0.846. The first-order valence-corrected chi connectivity index (χ1v) is 7.04. The van der Waals surface area contributed by atoms with Crippen molar-refractivity contribution in [3.8, 4) is 0 Å². The lowest BCUT2D eigenvalue weighted by molar-refractivity contribution is -0.138. The summed E-state index contributed by atoms with van der Waals surface area (Å²) in [5.41, 5.74) is 0. The zero-order valence-electron chi connectivity index (χ0n) is 11.8. The van der Waals surface area contributed by atoms with E-state index in [9.17, 15) is 9.59 Å². The molecule has 3 N–H and O–H groups in total. The summed E-state index contributed by atoms with van der Waals surface area (Å²) >= 11 is 0. The summed E-state index contributed by atoms with van der Waals surface area (Å²) in [6.45, 7) is 5.66. The molecule has 0 heterocycles. The lowest BCUT2D eigenvalue weighted by Gasteiger charge is -2.27. The van der Waals surface area contributed by atoms with Crippen LogP contribution in [-0.2, 0) is 4.79 Å². The van der Waals surface area contributed by atoms with Gasteiger partial charge in [0.05, 0.1) is 6.42 Å². The molecular weight excluding hydrogens is 246 g/mol. The third kappa shape index (κ3) is 6.42. The van der Waals surface area contributed by atoms with Crippen LogP contribution in [0.15, 0.2) is 0 Å². The Morgan fingerprint density at radius 2 is 2.05 bits per heavy atom. The minimum atomic E-state index is -0.882. The van der Waals surface area contributed by atoms with Crippen molar-refractivity contribution in [2.24, 2.45) is 0 Å². The van der Waals surface area contributed by atoms with Gasteiger partial charge in [0.25, 0.3) is 0 Å². The molecule has 0 spiro atoms. The van der Waals surface area contributed by atoms with Crippen LogP contribution >= 0.6 is 0 Å². The predicted molar refractivity (Wildman–Crippen MR) is 73.1 cm³/mol. The molecule has 0 aromatic carbocycles. The van der Waals surface area contributed by atoms with E-state index in [2.05, 4.69) is 10.6 Å². The number of amides is 2. The van der Waals surface area contributed by atoms with Gasteiger partial charge in [0.1, 0.15) is 0 Å². The largest absolute Gasteiger partial charge is 0.481 e. The number of urea groups is 1. The van der Waals surface area contributed by atoms with Crippen molar-refractivity contribution < 1.29 is 14.7 Å². The second-order valence-corrected chi connectivity index (χ2v) is 5.05. The quantitative estimate of drug-likeness (QED) is 0.547. The van der Waals surface area contributed by atoms with Crippen LogP contribution in [0.5, 0.6) is 0 Å². The van der Waals surface area contributed by atoms with Crippen LogP contribution in [0.2, 0.25) is 0 Å². The molecule has 19 heavy (non-hydrogen) atoms. The Balaban J connectivity index is 2.17. The van der Waals surface area contributed by atoms with Crippen molar-refractivity contribution in [1.82, 2.24) is 15.5 Å². The Bertz CT molecular complexity index is 306. The molecule has 1 unspecified atom stereocenters. The second-order valence-electron chi connectivity index (χ2n) is 5.05. The number of hydrogen-bond acceptors (Lipinski definition) is 3. The van der Waals surface area contributed by atoms with Crippen LogP contribution in [0.4, 0.5) is 4.79 Å². The number of carbonyl (C=O) groups excluding carboxylic acids is 1. The van der Waals surface area contributed by atoms with E-state index < -0.39 is 5.97 Å². The fourth-order valence-electron chi connectivity index (χ4n) is 2.00. The first-order chi connectivity index (χ1) is 9.04. The van der Waals surface area contributed by atoms with E-state index in [0.29, 0.717) is 19.1 Å². The Hall–Kier alpha value is -1.30. The van der Waals surface area contributed by atoms with Gasteiger partial charge in [-0.15, -0.1) is 0 Å². The van der Waals surface area contributed by atoms with Gasteiger partial charge in [-0.3, -0.25) is 4.79 Å². The van der Waals surface area contributed by atoms with Crippen LogP contribution in [0.3, 0.4) is 0 Å². The number of carbonyl (C=O) groups is 2. The van der Waals surface area contributed by atoms with E-state index in [0.717, 1.165) is 13.0 Å². The standard InChI is InChI=1S/C13H25N3O3/c1-3-16(10(2)9-12(17)18)13(19)15-8-4-7-14-11-5-6-11/h10-11,14H,3-9H2,1-2H3,(H,15,19)(H,17,18).